The van der Waals surface area contributed by atoms with E-state index in [1.165, 1.54) is 48.2 Å². The number of hydrogen-bond acceptors (Lipinski definition) is 6. The minimum Gasteiger partial charge on any atom is -0.384 e. The number of halogens is 2. The minimum atomic E-state index is -0.519. The van der Waals surface area contributed by atoms with Crippen molar-refractivity contribution in [3.8, 4) is 11.3 Å². The van der Waals surface area contributed by atoms with E-state index in [1.807, 2.05) is 0 Å². The summed E-state index contributed by atoms with van der Waals surface area (Å²) >= 11 is 7.08. The van der Waals surface area contributed by atoms with Crippen LogP contribution in [0.2, 0.25) is 5.02 Å². The Balaban J connectivity index is 2.08. The van der Waals surface area contributed by atoms with E-state index in [1.54, 1.807) is 6.92 Å². The average molecular weight is 396 g/mol. The van der Waals surface area contributed by atoms with E-state index in [0.29, 0.717) is 16.5 Å². The number of benzene rings is 1. The Morgan fingerprint density at radius 3 is 2.62 bits per heavy atom. The first-order chi connectivity index (χ1) is 12.2. The molecule has 0 bridgehead atoms. The van der Waals surface area contributed by atoms with Crippen molar-refractivity contribution in [1.29, 1.82) is 0 Å². The summed E-state index contributed by atoms with van der Waals surface area (Å²) in [4.78, 5) is 29.6. The van der Waals surface area contributed by atoms with E-state index in [2.05, 4.69) is 10.3 Å². The van der Waals surface area contributed by atoms with Crippen molar-refractivity contribution in [2.75, 3.05) is 11.1 Å². The van der Waals surface area contributed by atoms with Gasteiger partial charge in [-0.3, -0.25) is 13.9 Å². The fraction of sp³-hybridized carbons (Fsp3) is 0.188. The van der Waals surface area contributed by atoms with E-state index < -0.39 is 17.1 Å². The highest BCUT2D eigenvalue weighted by atomic mass is 35.5. The Morgan fingerprint density at radius 2 is 1.96 bits per heavy atom. The number of thiazole rings is 1. The molecular weight excluding hydrogens is 381 g/mol. The first kappa shape index (κ1) is 18.2. The molecule has 1 aromatic carbocycles. The van der Waals surface area contributed by atoms with Gasteiger partial charge in [0.25, 0.3) is 5.56 Å². The Bertz CT molecular complexity index is 1130. The molecule has 26 heavy (non-hydrogen) atoms. The third-order valence-corrected chi connectivity index (χ3v) is 5.09. The van der Waals surface area contributed by atoms with E-state index >= 15 is 0 Å². The molecule has 7 nitrogen and oxygen atoms in total. The molecule has 3 aromatic rings. The number of nitrogens with zero attached hydrogens (tertiary/aromatic N) is 3. The average Bonchev–Trinajstić information content (AvgIpc) is 2.95. The lowest BCUT2D eigenvalue weighted by molar-refractivity contribution is 0.628. The second-order valence-electron chi connectivity index (χ2n) is 5.64. The molecule has 0 amide bonds. The summed E-state index contributed by atoms with van der Waals surface area (Å²) < 4.78 is 15.5. The van der Waals surface area contributed by atoms with Crippen molar-refractivity contribution in [2.45, 2.75) is 6.92 Å². The number of rotatable bonds is 3. The Kier molecular flexibility index (Phi) is 4.59. The van der Waals surface area contributed by atoms with Gasteiger partial charge in [-0.25, -0.2) is 14.2 Å². The number of anilines is 3. The van der Waals surface area contributed by atoms with Gasteiger partial charge in [0.1, 0.15) is 17.2 Å². The van der Waals surface area contributed by atoms with Gasteiger partial charge < -0.3 is 11.1 Å². The summed E-state index contributed by atoms with van der Waals surface area (Å²) in [5, 5.41) is 3.49. The highest BCUT2D eigenvalue weighted by molar-refractivity contribution is 7.16. The lowest BCUT2D eigenvalue weighted by Gasteiger charge is -2.10. The maximum Gasteiger partial charge on any atom is 0.332 e. The second-order valence-corrected chi connectivity index (χ2v) is 7.25. The predicted molar refractivity (Wildman–Crippen MR) is 102 cm³/mol. The van der Waals surface area contributed by atoms with Crippen LogP contribution in [0.3, 0.4) is 0 Å². The van der Waals surface area contributed by atoms with E-state index in [0.717, 1.165) is 9.44 Å². The van der Waals surface area contributed by atoms with Gasteiger partial charge in [-0.1, -0.05) is 11.6 Å². The molecule has 0 radical (unpaired) electrons. The van der Waals surface area contributed by atoms with Crippen LogP contribution >= 0.6 is 22.9 Å². The molecule has 0 saturated heterocycles. The summed E-state index contributed by atoms with van der Waals surface area (Å²) in [6.45, 7) is 1.79. The number of nitrogens with two attached hydrogens (primary N) is 1. The van der Waals surface area contributed by atoms with Crippen LogP contribution in [0.1, 0.15) is 4.88 Å². The molecule has 0 aliphatic carbocycles. The quantitative estimate of drug-likeness (QED) is 0.710. The van der Waals surface area contributed by atoms with Gasteiger partial charge in [0.2, 0.25) is 0 Å². The van der Waals surface area contributed by atoms with Crippen LogP contribution in [-0.4, -0.2) is 14.1 Å². The summed E-state index contributed by atoms with van der Waals surface area (Å²) in [5.74, 6) is -0.474. The summed E-state index contributed by atoms with van der Waals surface area (Å²) in [6.07, 6.45) is 0. The first-order valence-electron chi connectivity index (χ1n) is 7.46. The number of nitrogens with one attached hydrogen (secondary N) is 1. The van der Waals surface area contributed by atoms with Gasteiger partial charge in [-0.2, -0.15) is 0 Å². The zero-order chi connectivity index (χ0) is 19.2. The van der Waals surface area contributed by atoms with Gasteiger partial charge in [0.15, 0.2) is 5.13 Å². The van der Waals surface area contributed by atoms with Crippen molar-refractivity contribution >= 4 is 39.6 Å². The molecule has 2 aromatic heterocycles. The molecule has 0 fully saturated rings. The van der Waals surface area contributed by atoms with Crippen molar-refractivity contribution in [3.63, 3.8) is 0 Å². The summed E-state index contributed by atoms with van der Waals surface area (Å²) in [6, 6.07) is 4.21. The molecule has 0 unspecified atom stereocenters. The number of nitrogen functional groups attached to an aromatic ring is 1. The van der Waals surface area contributed by atoms with Crippen LogP contribution < -0.4 is 22.3 Å². The van der Waals surface area contributed by atoms with Crippen LogP contribution in [0.4, 0.5) is 21.0 Å². The van der Waals surface area contributed by atoms with Gasteiger partial charge in [-0.05, 0) is 25.1 Å². The van der Waals surface area contributed by atoms with E-state index in [9.17, 15) is 14.0 Å². The molecule has 3 N–H and O–H groups in total. The molecule has 0 aliphatic heterocycles. The smallest absolute Gasteiger partial charge is 0.332 e. The van der Waals surface area contributed by atoms with Crippen LogP contribution in [0.5, 0.6) is 0 Å². The first-order valence-corrected chi connectivity index (χ1v) is 8.65. The fourth-order valence-electron chi connectivity index (χ4n) is 2.46. The van der Waals surface area contributed by atoms with Gasteiger partial charge in [0, 0.05) is 24.7 Å². The molecule has 136 valence electrons. The largest absolute Gasteiger partial charge is 0.384 e. The van der Waals surface area contributed by atoms with E-state index in [4.69, 9.17) is 17.3 Å². The van der Waals surface area contributed by atoms with Crippen molar-refractivity contribution in [2.24, 2.45) is 14.1 Å². The second kappa shape index (κ2) is 6.58. The molecule has 0 atom stereocenters. The topological polar surface area (TPSA) is 94.9 Å². The predicted octanol–water partition coefficient (Wildman–Crippen LogP) is 2.63. The molecule has 10 heteroatoms. The lowest BCUT2D eigenvalue weighted by atomic mass is 10.2. The monoisotopic (exact) mass is 395 g/mol. The van der Waals surface area contributed by atoms with Crippen LogP contribution in [-0.2, 0) is 14.1 Å². The molecule has 3 rings (SSSR count). The highest BCUT2D eigenvalue weighted by Gasteiger charge is 2.20. The van der Waals surface area contributed by atoms with Gasteiger partial charge in [-0.15, -0.1) is 11.3 Å². The standard InChI is InChI=1S/C16H15ClFN5O2S/c1-7-12(11-13(19)22(2)16(25)23(3)14(11)24)21-15(26-7)20-8-4-5-10(18)9(17)6-8/h4-6H,19H2,1-3H3,(H,20,21). The van der Waals surface area contributed by atoms with Crippen LogP contribution in [0.15, 0.2) is 27.8 Å². The Morgan fingerprint density at radius 1 is 1.27 bits per heavy atom. The third kappa shape index (κ3) is 2.99. The maximum absolute atomic E-state index is 13.3. The molecule has 0 saturated carbocycles. The summed E-state index contributed by atoms with van der Waals surface area (Å²) in [7, 11) is 2.87. The molecular formula is C16H15ClFN5O2S. The maximum atomic E-state index is 13.3. The van der Waals surface area contributed by atoms with Gasteiger partial charge in [0.05, 0.1) is 10.7 Å². The zero-order valence-electron chi connectivity index (χ0n) is 14.1. The number of hydrogen-bond donors (Lipinski definition) is 2. The Hall–Kier alpha value is -2.65. The minimum absolute atomic E-state index is 0.0142. The van der Waals surface area contributed by atoms with Crippen LogP contribution in [0, 0.1) is 12.7 Å². The normalized spacial score (nSPS) is 11.0. The van der Waals surface area contributed by atoms with Gasteiger partial charge >= 0.3 is 5.69 Å². The molecule has 0 spiro atoms. The van der Waals surface area contributed by atoms with E-state index in [-0.39, 0.29) is 16.4 Å². The van der Waals surface area contributed by atoms with Crippen molar-refractivity contribution < 1.29 is 4.39 Å². The van der Waals surface area contributed by atoms with Crippen LogP contribution in [0.25, 0.3) is 11.3 Å². The Labute approximate surface area is 156 Å². The number of aryl methyl sites for hydroxylation is 1. The highest BCUT2D eigenvalue weighted by Crippen LogP contribution is 2.33. The third-order valence-electron chi connectivity index (χ3n) is 3.91. The SMILES string of the molecule is Cc1sc(Nc2ccc(F)c(Cl)c2)nc1-c1c(N)n(C)c(=O)n(C)c1=O. The summed E-state index contributed by atoms with van der Waals surface area (Å²) in [5.41, 5.74) is 6.06. The zero-order valence-corrected chi connectivity index (χ0v) is 15.7. The molecule has 0 aliphatic rings. The lowest BCUT2D eigenvalue weighted by Crippen LogP contribution is -2.39. The molecule has 2 heterocycles. The fourth-order valence-corrected chi connectivity index (χ4v) is 3.48. The number of aromatic nitrogens is 3. The van der Waals surface area contributed by atoms with Crippen molar-refractivity contribution in [1.82, 2.24) is 14.1 Å². The van der Waals surface area contributed by atoms with Crippen molar-refractivity contribution in [3.05, 3.63) is 54.8 Å².